The van der Waals surface area contributed by atoms with Crippen LogP contribution in [0.1, 0.15) is 22.4 Å². The van der Waals surface area contributed by atoms with Gasteiger partial charge >= 0.3 is 0 Å². The van der Waals surface area contributed by atoms with Gasteiger partial charge < -0.3 is 10.1 Å². The van der Waals surface area contributed by atoms with Gasteiger partial charge in [0, 0.05) is 24.5 Å². The lowest BCUT2D eigenvalue weighted by molar-refractivity contribution is 1.11. The molecule has 3 aromatic rings. The summed E-state index contributed by atoms with van der Waals surface area (Å²) in [5.74, 6) is 0. The third-order valence-corrected chi connectivity index (χ3v) is 3.31. The minimum absolute atomic E-state index is 0.768. The fraction of sp³-hybridized carbons (Fsp3) is 0.188. The van der Waals surface area contributed by atoms with E-state index in [1.54, 1.807) is 0 Å². The normalized spacial score (nSPS) is 11.1. The van der Waals surface area contributed by atoms with Crippen molar-refractivity contribution in [2.24, 2.45) is 0 Å². The van der Waals surface area contributed by atoms with Crippen molar-refractivity contribution in [3.05, 3.63) is 65.1 Å². The Balaban J connectivity index is 1.97. The van der Waals surface area contributed by atoms with Crippen LogP contribution in [0, 0.1) is 13.8 Å². The predicted molar refractivity (Wildman–Crippen MR) is 78.3 cm³/mol. The number of aryl methyl sites for hydroxylation is 2. The molecule has 0 amide bonds. The van der Waals surface area contributed by atoms with Gasteiger partial charge in [0.2, 0.25) is 0 Å². The van der Waals surface area contributed by atoms with Gasteiger partial charge in [-0.2, -0.15) is 0 Å². The molecule has 96 valence electrons. The van der Waals surface area contributed by atoms with E-state index in [9.17, 15) is 0 Å². The molecular formula is C16H17N3. The van der Waals surface area contributed by atoms with Gasteiger partial charge in [0.05, 0.1) is 5.69 Å². The SMILES string of the molecule is Cc1ccc(Cc2cn3cc(N)cc(C)c3n2)cc1. The first-order chi connectivity index (χ1) is 9.11. The summed E-state index contributed by atoms with van der Waals surface area (Å²) in [6.45, 7) is 4.13. The molecule has 0 aliphatic carbocycles. The van der Waals surface area contributed by atoms with Crippen LogP contribution in [0.2, 0.25) is 0 Å². The molecule has 2 N–H and O–H groups in total. The van der Waals surface area contributed by atoms with Crippen LogP contribution >= 0.6 is 0 Å². The molecule has 1 aromatic carbocycles. The molecule has 2 aromatic heterocycles. The lowest BCUT2D eigenvalue weighted by atomic mass is 10.1. The Morgan fingerprint density at radius 1 is 1.11 bits per heavy atom. The Morgan fingerprint density at radius 2 is 1.84 bits per heavy atom. The number of pyridine rings is 1. The number of rotatable bonds is 2. The minimum atomic E-state index is 0.768. The average Bonchev–Trinajstić information content (AvgIpc) is 2.75. The van der Waals surface area contributed by atoms with Crippen LogP contribution in [0.4, 0.5) is 5.69 Å². The van der Waals surface area contributed by atoms with Gasteiger partial charge in [-0.25, -0.2) is 4.98 Å². The first-order valence-electron chi connectivity index (χ1n) is 6.41. The second-order valence-electron chi connectivity index (χ2n) is 5.08. The van der Waals surface area contributed by atoms with Gasteiger partial charge in [0.1, 0.15) is 5.65 Å². The zero-order valence-corrected chi connectivity index (χ0v) is 11.2. The van der Waals surface area contributed by atoms with Crippen molar-refractivity contribution in [3.8, 4) is 0 Å². The second kappa shape index (κ2) is 4.43. The molecule has 0 radical (unpaired) electrons. The summed E-state index contributed by atoms with van der Waals surface area (Å²) in [5.41, 5.74) is 12.3. The predicted octanol–water partition coefficient (Wildman–Crippen LogP) is 3.12. The van der Waals surface area contributed by atoms with Gasteiger partial charge in [0.25, 0.3) is 0 Å². The highest BCUT2D eigenvalue weighted by Gasteiger charge is 2.06. The number of anilines is 1. The van der Waals surface area contributed by atoms with Crippen LogP contribution in [-0.2, 0) is 6.42 Å². The maximum Gasteiger partial charge on any atom is 0.140 e. The van der Waals surface area contributed by atoms with Crippen molar-refractivity contribution >= 4 is 11.3 Å². The largest absolute Gasteiger partial charge is 0.398 e. The summed E-state index contributed by atoms with van der Waals surface area (Å²) < 4.78 is 2.01. The third kappa shape index (κ3) is 2.32. The van der Waals surface area contributed by atoms with Crippen molar-refractivity contribution < 1.29 is 0 Å². The smallest absolute Gasteiger partial charge is 0.140 e. The van der Waals surface area contributed by atoms with Crippen LogP contribution in [0.15, 0.2) is 42.7 Å². The highest BCUT2D eigenvalue weighted by molar-refractivity contribution is 5.55. The molecule has 0 aliphatic rings. The van der Waals surface area contributed by atoms with Crippen LogP contribution < -0.4 is 5.73 Å². The number of benzene rings is 1. The minimum Gasteiger partial charge on any atom is -0.398 e. The fourth-order valence-corrected chi connectivity index (χ4v) is 2.35. The van der Waals surface area contributed by atoms with E-state index in [2.05, 4.69) is 42.4 Å². The summed E-state index contributed by atoms with van der Waals surface area (Å²) >= 11 is 0. The van der Waals surface area contributed by atoms with Gasteiger partial charge in [-0.3, -0.25) is 0 Å². The Labute approximate surface area is 112 Å². The number of imidazole rings is 1. The highest BCUT2D eigenvalue weighted by Crippen LogP contribution is 2.16. The Bertz CT molecular complexity index is 724. The molecule has 0 unspecified atom stereocenters. The number of nitrogens with two attached hydrogens (primary N) is 1. The Hall–Kier alpha value is -2.29. The molecule has 0 atom stereocenters. The summed E-state index contributed by atoms with van der Waals surface area (Å²) in [6.07, 6.45) is 4.81. The van der Waals surface area contributed by atoms with Crippen molar-refractivity contribution in [3.63, 3.8) is 0 Å². The zero-order chi connectivity index (χ0) is 13.4. The quantitative estimate of drug-likeness (QED) is 0.760. The monoisotopic (exact) mass is 251 g/mol. The third-order valence-electron chi connectivity index (χ3n) is 3.31. The van der Waals surface area contributed by atoms with E-state index in [0.717, 1.165) is 29.0 Å². The number of hydrogen-bond donors (Lipinski definition) is 1. The van der Waals surface area contributed by atoms with E-state index in [4.69, 9.17) is 5.73 Å². The fourth-order valence-electron chi connectivity index (χ4n) is 2.35. The van der Waals surface area contributed by atoms with E-state index in [1.807, 2.05) is 23.6 Å². The topological polar surface area (TPSA) is 43.3 Å². The zero-order valence-electron chi connectivity index (χ0n) is 11.2. The number of fused-ring (bicyclic) bond motifs is 1. The molecule has 19 heavy (non-hydrogen) atoms. The standard InChI is InChI=1S/C16H17N3/c1-11-3-5-13(6-4-11)8-15-10-19-9-14(17)7-12(2)16(19)18-15/h3-7,9-10H,8,17H2,1-2H3. The number of hydrogen-bond acceptors (Lipinski definition) is 2. The number of nitrogen functional groups attached to an aromatic ring is 1. The first kappa shape index (κ1) is 11.8. The molecule has 2 heterocycles. The van der Waals surface area contributed by atoms with E-state index >= 15 is 0 Å². The van der Waals surface area contributed by atoms with E-state index in [1.165, 1.54) is 11.1 Å². The van der Waals surface area contributed by atoms with Gasteiger partial charge in [0.15, 0.2) is 0 Å². The number of aromatic nitrogens is 2. The maximum absolute atomic E-state index is 5.85. The van der Waals surface area contributed by atoms with Gasteiger partial charge in [-0.05, 0) is 31.0 Å². The first-order valence-corrected chi connectivity index (χ1v) is 6.41. The maximum atomic E-state index is 5.85. The van der Waals surface area contributed by atoms with Gasteiger partial charge in [-0.1, -0.05) is 29.8 Å². The van der Waals surface area contributed by atoms with Crippen molar-refractivity contribution in [1.82, 2.24) is 9.38 Å². The summed E-state index contributed by atoms with van der Waals surface area (Å²) in [5, 5.41) is 0. The van der Waals surface area contributed by atoms with Crippen molar-refractivity contribution in [1.29, 1.82) is 0 Å². The van der Waals surface area contributed by atoms with Crippen LogP contribution in [0.3, 0.4) is 0 Å². The van der Waals surface area contributed by atoms with Crippen LogP contribution in [0.25, 0.3) is 5.65 Å². The summed E-state index contributed by atoms with van der Waals surface area (Å²) in [7, 11) is 0. The molecule has 0 spiro atoms. The molecule has 0 saturated carbocycles. The number of nitrogens with zero attached hydrogens (tertiary/aromatic N) is 2. The summed E-state index contributed by atoms with van der Waals surface area (Å²) in [4.78, 5) is 4.68. The molecule has 3 heteroatoms. The van der Waals surface area contributed by atoms with Crippen molar-refractivity contribution in [2.45, 2.75) is 20.3 Å². The molecule has 0 fully saturated rings. The van der Waals surface area contributed by atoms with Gasteiger partial charge in [-0.15, -0.1) is 0 Å². The molecule has 0 saturated heterocycles. The molecule has 0 bridgehead atoms. The Kier molecular flexibility index (Phi) is 2.75. The Morgan fingerprint density at radius 3 is 2.58 bits per heavy atom. The highest BCUT2D eigenvalue weighted by atomic mass is 15.0. The molecule has 3 rings (SSSR count). The molecule has 0 aliphatic heterocycles. The lowest BCUT2D eigenvalue weighted by Crippen LogP contribution is -1.92. The average molecular weight is 251 g/mol. The van der Waals surface area contributed by atoms with E-state index in [-0.39, 0.29) is 0 Å². The second-order valence-corrected chi connectivity index (χ2v) is 5.08. The van der Waals surface area contributed by atoms with Crippen LogP contribution in [-0.4, -0.2) is 9.38 Å². The summed E-state index contributed by atoms with van der Waals surface area (Å²) in [6, 6.07) is 10.5. The van der Waals surface area contributed by atoms with E-state index in [0.29, 0.717) is 0 Å². The van der Waals surface area contributed by atoms with Crippen LogP contribution in [0.5, 0.6) is 0 Å². The van der Waals surface area contributed by atoms with Crippen molar-refractivity contribution in [2.75, 3.05) is 5.73 Å². The molecule has 3 nitrogen and oxygen atoms in total. The van der Waals surface area contributed by atoms with E-state index < -0.39 is 0 Å². The lowest BCUT2D eigenvalue weighted by Gasteiger charge is -1.98. The molecular weight excluding hydrogens is 234 g/mol.